The summed E-state index contributed by atoms with van der Waals surface area (Å²) in [6.07, 6.45) is -0.0326. The zero-order valence-corrected chi connectivity index (χ0v) is 11.2. The van der Waals surface area contributed by atoms with Crippen LogP contribution in [0.4, 0.5) is 0 Å². The van der Waals surface area contributed by atoms with Crippen molar-refractivity contribution < 1.29 is 24.5 Å². The molecule has 3 N–H and O–H groups in total. The zero-order chi connectivity index (χ0) is 14.4. The number of nitrogens with one attached hydrogen (secondary N) is 1. The zero-order valence-electron chi connectivity index (χ0n) is 10.3. The molecule has 19 heavy (non-hydrogen) atoms. The molecule has 1 aromatic carbocycles. The molecule has 0 aliphatic carbocycles. The predicted molar refractivity (Wildman–Crippen MR) is 71.3 cm³/mol. The highest BCUT2D eigenvalue weighted by atomic mass is 32.1. The van der Waals surface area contributed by atoms with Crippen LogP contribution in [0.25, 0.3) is 0 Å². The highest BCUT2D eigenvalue weighted by molar-refractivity contribution is 7.80. The van der Waals surface area contributed by atoms with Crippen LogP contribution in [0, 0.1) is 0 Å². The molecule has 0 radical (unpaired) electrons. The van der Waals surface area contributed by atoms with E-state index >= 15 is 0 Å². The van der Waals surface area contributed by atoms with Crippen LogP contribution in [-0.4, -0.2) is 41.0 Å². The van der Waals surface area contributed by atoms with Gasteiger partial charge < -0.3 is 20.3 Å². The number of hydrogen-bond donors (Lipinski definition) is 4. The molecule has 1 atom stereocenters. The van der Waals surface area contributed by atoms with E-state index in [4.69, 9.17) is 5.11 Å². The van der Waals surface area contributed by atoms with Crippen LogP contribution >= 0.6 is 12.6 Å². The lowest BCUT2D eigenvalue weighted by atomic mass is 10.1. The molecule has 1 amide bonds. The van der Waals surface area contributed by atoms with E-state index in [1.165, 1.54) is 25.3 Å². The number of ether oxygens (including phenoxy) is 1. The summed E-state index contributed by atoms with van der Waals surface area (Å²) in [6, 6.07) is 3.26. The first-order chi connectivity index (χ1) is 8.97. The SMILES string of the molecule is COC(=O)[C@H](CS)NC(=O)Cc1ccc(O)c(O)c1. The van der Waals surface area contributed by atoms with Gasteiger partial charge in [0, 0.05) is 5.75 Å². The monoisotopic (exact) mass is 285 g/mol. The molecule has 0 saturated heterocycles. The fourth-order valence-corrected chi connectivity index (χ4v) is 1.67. The molecular formula is C12H15NO5S. The number of phenolic OH excluding ortho intramolecular Hbond substituents is 2. The molecule has 1 rings (SSSR count). The Labute approximate surface area is 115 Å². The van der Waals surface area contributed by atoms with Gasteiger partial charge in [-0.25, -0.2) is 4.79 Å². The highest BCUT2D eigenvalue weighted by Crippen LogP contribution is 2.24. The molecule has 104 valence electrons. The van der Waals surface area contributed by atoms with E-state index in [0.717, 1.165) is 0 Å². The first-order valence-electron chi connectivity index (χ1n) is 5.46. The lowest BCUT2D eigenvalue weighted by Gasteiger charge is -2.14. The minimum absolute atomic E-state index is 0.0326. The van der Waals surface area contributed by atoms with E-state index in [2.05, 4.69) is 22.7 Å². The van der Waals surface area contributed by atoms with E-state index in [1.54, 1.807) is 0 Å². The standard InChI is InChI=1S/C12H15NO5S/c1-18-12(17)8(6-19)13-11(16)5-7-2-3-9(14)10(15)4-7/h2-4,8,14-15,19H,5-6H2,1H3,(H,13,16)/t8-/m0/s1. The van der Waals surface area contributed by atoms with Crippen LogP contribution in [0.5, 0.6) is 11.5 Å². The summed E-state index contributed by atoms with van der Waals surface area (Å²) in [7, 11) is 1.23. The number of esters is 1. The molecule has 0 saturated carbocycles. The summed E-state index contributed by atoms with van der Waals surface area (Å²) in [5.41, 5.74) is 0.510. The smallest absolute Gasteiger partial charge is 0.329 e. The predicted octanol–water partition coefficient (Wildman–Crippen LogP) is 0.228. The Kier molecular flexibility index (Phi) is 5.50. The molecule has 0 aromatic heterocycles. The largest absolute Gasteiger partial charge is 0.504 e. The summed E-state index contributed by atoms with van der Waals surface area (Å²) in [6.45, 7) is 0. The molecule has 0 spiro atoms. The third kappa shape index (κ3) is 4.36. The Hall–Kier alpha value is -1.89. The van der Waals surface area contributed by atoms with Gasteiger partial charge in [0.05, 0.1) is 13.5 Å². The molecule has 6 nitrogen and oxygen atoms in total. The van der Waals surface area contributed by atoms with Crippen LogP contribution in [0.15, 0.2) is 18.2 Å². The Morgan fingerprint density at radius 2 is 2.05 bits per heavy atom. The number of phenols is 2. The number of amides is 1. The third-order valence-electron chi connectivity index (χ3n) is 2.41. The number of thiol groups is 1. The number of rotatable bonds is 5. The van der Waals surface area contributed by atoms with Gasteiger partial charge in [-0.2, -0.15) is 12.6 Å². The summed E-state index contributed by atoms with van der Waals surface area (Å²) >= 11 is 3.95. The van der Waals surface area contributed by atoms with Crippen molar-refractivity contribution in [1.82, 2.24) is 5.32 Å². The summed E-state index contributed by atoms with van der Waals surface area (Å²) in [4.78, 5) is 23.0. The number of hydrogen-bond acceptors (Lipinski definition) is 6. The Bertz CT molecular complexity index is 477. The molecule has 0 aliphatic heterocycles. The number of carbonyl (C=O) groups is 2. The van der Waals surface area contributed by atoms with Crippen LogP contribution in [-0.2, 0) is 20.7 Å². The van der Waals surface area contributed by atoms with Gasteiger partial charge in [-0.05, 0) is 17.7 Å². The second kappa shape index (κ2) is 6.89. The van der Waals surface area contributed by atoms with Crippen LogP contribution in [0.3, 0.4) is 0 Å². The molecule has 0 unspecified atom stereocenters. The van der Waals surface area contributed by atoms with Gasteiger partial charge in [-0.3, -0.25) is 4.79 Å². The first kappa shape index (κ1) is 15.2. The van der Waals surface area contributed by atoms with E-state index < -0.39 is 17.9 Å². The maximum atomic E-state index is 11.7. The fourth-order valence-electron chi connectivity index (χ4n) is 1.43. The Morgan fingerprint density at radius 1 is 1.37 bits per heavy atom. The molecule has 0 aliphatic rings. The van der Waals surface area contributed by atoms with Crippen molar-refractivity contribution in [1.29, 1.82) is 0 Å². The summed E-state index contributed by atoms with van der Waals surface area (Å²) in [5.74, 6) is -1.42. The van der Waals surface area contributed by atoms with Crippen molar-refractivity contribution in [3.63, 3.8) is 0 Å². The van der Waals surface area contributed by atoms with Crippen molar-refractivity contribution in [3.05, 3.63) is 23.8 Å². The molecule has 1 aromatic rings. The van der Waals surface area contributed by atoms with Gasteiger partial charge >= 0.3 is 5.97 Å². The normalized spacial score (nSPS) is 11.7. The van der Waals surface area contributed by atoms with Crippen LogP contribution in [0.2, 0.25) is 0 Å². The van der Waals surface area contributed by atoms with Crippen molar-refractivity contribution in [2.24, 2.45) is 0 Å². The topological polar surface area (TPSA) is 95.9 Å². The van der Waals surface area contributed by atoms with Gasteiger partial charge in [0.1, 0.15) is 6.04 Å². The molecular weight excluding hydrogens is 270 g/mol. The van der Waals surface area contributed by atoms with Crippen molar-refractivity contribution >= 4 is 24.5 Å². The number of aromatic hydroxyl groups is 2. The van der Waals surface area contributed by atoms with Crippen LogP contribution in [0.1, 0.15) is 5.56 Å². The van der Waals surface area contributed by atoms with Gasteiger partial charge in [-0.1, -0.05) is 6.07 Å². The van der Waals surface area contributed by atoms with Gasteiger partial charge in [0.25, 0.3) is 0 Å². The van der Waals surface area contributed by atoms with E-state index in [0.29, 0.717) is 5.56 Å². The lowest BCUT2D eigenvalue weighted by Crippen LogP contribution is -2.43. The van der Waals surface area contributed by atoms with Crippen molar-refractivity contribution in [2.45, 2.75) is 12.5 Å². The van der Waals surface area contributed by atoms with E-state index in [1.807, 2.05) is 0 Å². The maximum absolute atomic E-state index is 11.7. The van der Waals surface area contributed by atoms with Gasteiger partial charge in [-0.15, -0.1) is 0 Å². The quantitative estimate of drug-likeness (QED) is 0.353. The Balaban J connectivity index is 2.64. The maximum Gasteiger partial charge on any atom is 0.329 e. The fraction of sp³-hybridized carbons (Fsp3) is 0.333. The van der Waals surface area contributed by atoms with E-state index in [-0.39, 0.29) is 23.7 Å². The van der Waals surface area contributed by atoms with Gasteiger partial charge in [0.15, 0.2) is 11.5 Å². The minimum atomic E-state index is -0.813. The second-order valence-electron chi connectivity index (χ2n) is 3.83. The van der Waals surface area contributed by atoms with Crippen molar-refractivity contribution in [2.75, 3.05) is 12.9 Å². The van der Waals surface area contributed by atoms with Crippen molar-refractivity contribution in [3.8, 4) is 11.5 Å². The average Bonchev–Trinajstić information content (AvgIpc) is 2.39. The molecule has 0 heterocycles. The summed E-state index contributed by atoms with van der Waals surface area (Å²) in [5, 5.41) is 20.9. The summed E-state index contributed by atoms with van der Waals surface area (Å²) < 4.78 is 4.51. The lowest BCUT2D eigenvalue weighted by molar-refractivity contribution is -0.144. The number of methoxy groups -OCH3 is 1. The molecule has 0 fully saturated rings. The average molecular weight is 285 g/mol. The number of carbonyl (C=O) groups excluding carboxylic acids is 2. The highest BCUT2D eigenvalue weighted by Gasteiger charge is 2.19. The molecule has 0 bridgehead atoms. The second-order valence-corrected chi connectivity index (χ2v) is 4.19. The molecule has 7 heteroatoms. The first-order valence-corrected chi connectivity index (χ1v) is 6.10. The van der Waals surface area contributed by atoms with Crippen LogP contribution < -0.4 is 5.32 Å². The third-order valence-corrected chi connectivity index (χ3v) is 2.77. The number of benzene rings is 1. The van der Waals surface area contributed by atoms with Gasteiger partial charge in [0.2, 0.25) is 5.91 Å². The van der Waals surface area contributed by atoms with E-state index in [9.17, 15) is 14.7 Å². The minimum Gasteiger partial charge on any atom is -0.504 e. The Morgan fingerprint density at radius 3 is 2.58 bits per heavy atom.